The lowest BCUT2D eigenvalue weighted by Crippen LogP contribution is -2.48. The number of carbonyl (C=O) groups excluding carboxylic acids is 1. The zero-order valence-electron chi connectivity index (χ0n) is 18.5. The minimum Gasteiger partial charge on any atom is -0.372 e. The van der Waals surface area contributed by atoms with E-state index in [0.29, 0.717) is 35.0 Å². The average molecular weight is 448 g/mol. The molecule has 2 atom stereocenters. The molecule has 2 aliphatic rings. The summed E-state index contributed by atoms with van der Waals surface area (Å²) in [5.74, 6) is 1.04. The quantitative estimate of drug-likeness (QED) is 0.516. The Morgan fingerprint density at radius 3 is 2.35 bits per heavy atom. The van der Waals surface area contributed by atoms with Gasteiger partial charge >= 0.3 is 5.69 Å². The molecule has 0 N–H and O–H groups in total. The van der Waals surface area contributed by atoms with Gasteiger partial charge in [-0.3, -0.25) is 18.7 Å². The summed E-state index contributed by atoms with van der Waals surface area (Å²) in [4.78, 5) is 49.4. The van der Waals surface area contributed by atoms with Crippen LogP contribution in [-0.4, -0.2) is 61.0 Å². The molecule has 2 aromatic heterocycles. The third-order valence-electron chi connectivity index (χ3n) is 6.11. The Bertz CT molecular complexity index is 1110. The van der Waals surface area contributed by atoms with Crippen molar-refractivity contribution < 1.29 is 9.53 Å². The van der Waals surface area contributed by atoms with Gasteiger partial charge in [0.2, 0.25) is 5.91 Å². The third kappa shape index (κ3) is 4.27. The molecule has 10 heteroatoms. The van der Waals surface area contributed by atoms with E-state index in [9.17, 15) is 14.4 Å². The Labute approximate surface area is 184 Å². The van der Waals surface area contributed by atoms with E-state index in [1.165, 1.54) is 23.4 Å². The van der Waals surface area contributed by atoms with E-state index in [1.807, 2.05) is 13.8 Å². The minimum atomic E-state index is -0.431. The summed E-state index contributed by atoms with van der Waals surface area (Å²) in [6.07, 6.45) is 4.22. The van der Waals surface area contributed by atoms with Crippen LogP contribution < -0.4 is 11.2 Å². The Morgan fingerprint density at radius 1 is 1.06 bits per heavy atom. The molecule has 2 aromatic rings. The van der Waals surface area contributed by atoms with Crippen LogP contribution >= 0.6 is 11.8 Å². The van der Waals surface area contributed by atoms with Crippen LogP contribution in [0.5, 0.6) is 0 Å². The molecule has 31 heavy (non-hydrogen) atoms. The number of ether oxygens (including phenoxy) is 1. The van der Waals surface area contributed by atoms with Crippen LogP contribution in [0.25, 0.3) is 11.0 Å². The lowest BCUT2D eigenvalue weighted by molar-refractivity contribution is -0.140. The molecule has 1 saturated carbocycles. The third-order valence-corrected chi connectivity index (χ3v) is 7.07. The first kappa shape index (κ1) is 22.0. The predicted octanol–water partition coefficient (Wildman–Crippen LogP) is 1.41. The lowest BCUT2D eigenvalue weighted by Gasteiger charge is -2.35. The molecule has 0 unspecified atom stereocenters. The number of rotatable bonds is 4. The molecule has 1 aliphatic heterocycles. The summed E-state index contributed by atoms with van der Waals surface area (Å²) in [6.45, 7) is 5.02. The largest absolute Gasteiger partial charge is 0.372 e. The second-order valence-electron chi connectivity index (χ2n) is 8.62. The van der Waals surface area contributed by atoms with Crippen molar-refractivity contribution in [2.45, 2.75) is 62.7 Å². The molecular formula is C21H29N5O4S. The van der Waals surface area contributed by atoms with E-state index in [1.54, 1.807) is 11.9 Å². The van der Waals surface area contributed by atoms with Gasteiger partial charge < -0.3 is 9.64 Å². The van der Waals surface area contributed by atoms with Crippen LogP contribution in [0.2, 0.25) is 0 Å². The van der Waals surface area contributed by atoms with Gasteiger partial charge in [-0.1, -0.05) is 24.6 Å². The number of aryl methyl sites for hydroxylation is 1. The van der Waals surface area contributed by atoms with E-state index in [0.717, 1.165) is 30.3 Å². The van der Waals surface area contributed by atoms with Crippen LogP contribution in [0.3, 0.4) is 0 Å². The van der Waals surface area contributed by atoms with E-state index in [4.69, 9.17) is 9.72 Å². The highest BCUT2D eigenvalue weighted by molar-refractivity contribution is 8.00. The zero-order chi connectivity index (χ0) is 22.3. The second-order valence-corrected chi connectivity index (χ2v) is 9.58. The number of aromatic nitrogens is 4. The first-order chi connectivity index (χ1) is 14.8. The molecule has 1 saturated heterocycles. The molecular weight excluding hydrogens is 418 g/mol. The number of fused-ring (bicyclic) bond motifs is 1. The van der Waals surface area contributed by atoms with Crippen molar-refractivity contribution in [3.63, 3.8) is 0 Å². The highest BCUT2D eigenvalue weighted by Crippen LogP contribution is 2.34. The highest BCUT2D eigenvalue weighted by Gasteiger charge is 2.28. The number of hydrogen-bond donors (Lipinski definition) is 0. The summed E-state index contributed by atoms with van der Waals surface area (Å²) < 4.78 is 8.18. The van der Waals surface area contributed by atoms with Gasteiger partial charge in [-0.15, -0.1) is 0 Å². The number of thioether (sulfide) groups is 1. The van der Waals surface area contributed by atoms with Crippen molar-refractivity contribution in [3.05, 3.63) is 26.7 Å². The van der Waals surface area contributed by atoms with Crippen molar-refractivity contribution >= 4 is 28.7 Å². The molecule has 3 heterocycles. The first-order valence-electron chi connectivity index (χ1n) is 10.8. The summed E-state index contributed by atoms with van der Waals surface area (Å²) >= 11 is 1.25. The van der Waals surface area contributed by atoms with Crippen molar-refractivity contribution in [2.24, 2.45) is 14.1 Å². The SMILES string of the molecule is C[C@H]1CN(C(=O)CSc2nc(C3CCCC3)nc3c2c(=O)n(C)c(=O)n3C)C[C@H](C)O1. The molecule has 1 aliphatic carbocycles. The van der Waals surface area contributed by atoms with E-state index < -0.39 is 11.2 Å². The van der Waals surface area contributed by atoms with Crippen molar-refractivity contribution in [2.75, 3.05) is 18.8 Å². The molecule has 0 aromatic carbocycles. The lowest BCUT2D eigenvalue weighted by atomic mass is 10.1. The van der Waals surface area contributed by atoms with Gasteiger partial charge in [0, 0.05) is 33.1 Å². The number of nitrogens with zero attached hydrogens (tertiary/aromatic N) is 5. The number of amides is 1. The van der Waals surface area contributed by atoms with Gasteiger partial charge in [-0.25, -0.2) is 14.8 Å². The molecule has 0 bridgehead atoms. The first-order valence-corrected chi connectivity index (χ1v) is 11.8. The topological polar surface area (TPSA) is 99.3 Å². The molecule has 0 radical (unpaired) electrons. The summed E-state index contributed by atoms with van der Waals surface area (Å²) in [5, 5.41) is 0.777. The maximum atomic E-state index is 12.9. The maximum absolute atomic E-state index is 12.9. The van der Waals surface area contributed by atoms with Crippen LogP contribution in [0, 0.1) is 0 Å². The average Bonchev–Trinajstić information content (AvgIpc) is 3.28. The Kier molecular flexibility index (Phi) is 6.20. The van der Waals surface area contributed by atoms with Crippen molar-refractivity contribution in [1.82, 2.24) is 24.0 Å². The van der Waals surface area contributed by atoms with Crippen LogP contribution in [-0.2, 0) is 23.6 Å². The zero-order valence-corrected chi connectivity index (χ0v) is 19.3. The van der Waals surface area contributed by atoms with Crippen LogP contribution in [0.4, 0.5) is 0 Å². The van der Waals surface area contributed by atoms with Gasteiger partial charge in [0.1, 0.15) is 16.2 Å². The normalized spacial score (nSPS) is 22.4. The van der Waals surface area contributed by atoms with E-state index in [-0.39, 0.29) is 29.8 Å². The highest BCUT2D eigenvalue weighted by atomic mass is 32.2. The van der Waals surface area contributed by atoms with Gasteiger partial charge in [-0.2, -0.15) is 0 Å². The van der Waals surface area contributed by atoms with Crippen molar-refractivity contribution in [1.29, 1.82) is 0 Å². The Morgan fingerprint density at radius 2 is 1.71 bits per heavy atom. The minimum absolute atomic E-state index is 0.00614. The van der Waals surface area contributed by atoms with E-state index >= 15 is 0 Å². The second kappa shape index (κ2) is 8.74. The molecule has 1 amide bonds. The number of morpholine rings is 1. The smallest absolute Gasteiger partial charge is 0.332 e. The molecule has 4 rings (SSSR count). The predicted molar refractivity (Wildman–Crippen MR) is 119 cm³/mol. The monoisotopic (exact) mass is 447 g/mol. The maximum Gasteiger partial charge on any atom is 0.332 e. The fraction of sp³-hybridized carbons (Fsp3) is 0.667. The summed E-state index contributed by atoms with van der Waals surface area (Å²) in [6, 6.07) is 0. The van der Waals surface area contributed by atoms with Crippen LogP contribution in [0.1, 0.15) is 51.3 Å². The van der Waals surface area contributed by atoms with Crippen molar-refractivity contribution in [3.8, 4) is 0 Å². The van der Waals surface area contributed by atoms with E-state index in [2.05, 4.69) is 4.98 Å². The molecule has 2 fully saturated rings. The Hall–Kier alpha value is -2.20. The summed E-state index contributed by atoms with van der Waals surface area (Å²) in [5.41, 5.74) is -0.509. The van der Waals surface area contributed by atoms with Gasteiger partial charge in [-0.05, 0) is 26.7 Å². The fourth-order valence-electron chi connectivity index (χ4n) is 4.52. The van der Waals surface area contributed by atoms with Gasteiger partial charge in [0.25, 0.3) is 5.56 Å². The number of hydrogen-bond acceptors (Lipinski definition) is 7. The molecule has 9 nitrogen and oxygen atoms in total. The van der Waals surface area contributed by atoms with Gasteiger partial charge in [0.05, 0.1) is 18.0 Å². The summed E-state index contributed by atoms with van der Waals surface area (Å²) in [7, 11) is 3.07. The standard InChI is InChI=1S/C21H29N5O4S/c1-12-9-26(10-13(2)30-12)15(27)11-31-19-16-18(24(3)21(29)25(4)20(16)28)22-17(23-19)14-7-5-6-8-14/h12-14H,5-11H2,1-4H3/t12-,13-/m0/s1. The number of carbonyl (C=O) groups is 1. The molecule has 168 valence electrons. The fourth-order valence-corrected chi connectivity index (χ4v) is 5.44. The van der Waals surface area contributed by atoms with Gasteiger partial charge in [0.15, 0.2) is 5.65 Å². The van der Waals surface area contributed by atoms with Crippen LogP contribution in [0.15, 0.2) is 14.6 Å². The molecule has 0 spiro atoms. The Balaban J connectivity index is 1.70.